The molecule has 1 aromatic carbocycles. The van der Waals surface area contributed by atoms with Gasteiger partial charge in [-0.15, -0.1) is 0 Å². The van der Waals surface area contributed by atoms with E-state index in [4.69, 9.17) is 11.6 Å². The number of ether oxygens (including phenoxy) is 1. The zero-order valence-electron chi connectivity index (χ0n) is 11.8. The summed E-state index contributed by atoms with van der Waals surface area (Å²) in [7, 11) is 1.31. The van der Waals surface area contributed by atoms with E-state index < -0.39 is 5.97 Å². The van der Waals surface area contributed by atoms with Gasteiger partial charge in [-0.3, -0.25) is 4.79 Å². The molecule has 0 heterocycles. The summed E-state index contributed by atoms with van der Waals surface area (Å²) in [6, 6.07) is 4.71. The average molecular weight is 299 g/mol. The molecule has 1 amide bonds. The van der Waals surface area contributed by atoms with Crippen molar-refractivity contribution in [2.24, 2.45) is 5.92 Å². The minimum Gasteiger partial charge on any atom is -0.465 e. The van der Waals surface area contributed by atoms with E-state index in [0.29, 0.717) is 28.7 Å². The van der Waals surface area contributed by atoms with Crippen molar-refractivity contribution in [1.82, 2.24) is 5.32 Å². The summed E-state index contributed by atoms with van der Waals surface area (Å²) < 4.78 is 4.63. The molecule has 0 aliphatic carbocycles. The Bertz CT molecular complexity index is 489. The minimum absolute atomic E-state index is 0.0943. The van der Waals surface area contributed by atoms with Gasteiger partial charge in [-0.05, 0) is 24.1 Å². The molecule has 0 spiro atoms. The van der Waals surface area contributed by atoms with Gasteiger partial charge in [0.2, 0.25) is 5.91 Å². The molecule has 20 heavy (non-hydrogen) atoms. The van der Waals surface area contributed by atoms with Crippen LogP contribution in [-0.2, 0) is 9.53 Å². The number of nitrogens with one attached hydrogen (secondary N) is 2. The van der Waals surface area contributed by atoms with Crippen LogP contribution in [0.4, 0.5) is 5.69 Å². The van der Waals surface area contributed by atoms with Gasteiger partial charge >= 0.3 is 5.97 Å². The first-order chi connectivity index (χ1) is 9.43. The van der Waals surface area contributed by atoms with Crippen LogP contribution in [0.3, 0.4) is 0 Å². The summed E-state index contributed by atoms with van der Waals surface area (Å²) in [6.45, 7) is 4.75. The van der Waals surface area contributed by atoms with E-state index in [2.05, 4.69) is 15.4 Å². The number of carbonyl (C=O) groups excluding carboxylic acids is 2. The first-order valence-corrected chi connectivity index (χ1v) is 6.70. The zero-order chi connectivity index (χ0) is 15.1. The molecule has 0 saturated carbocycles. The molecule has 0 bridgehead atoms. The second kappa shape index (κ2) is 7.75. The number of carbonyl (C=O) groups is 2. The monoisotopic (exact) mass is 298 g/mol. The first kappa shape index (κ1) is 16.3. The zero-order valence-corrected chi connectivity index (χ0v) is 12.6. The summed E-state index contributed by atoms with van der Waals surface area (Å²) in [6.07, 6.45) is 0. The van der Waals surface area contributed by atoms with Crippen LogP contribution in [0.2, 0.25) is 5.02 Å². The van der Waals surface area contributed by atoms with Crippen molar-refractivity contribution in [1.29, 1.82) is 0 Å². The molecule has 0 aliphatic heterocycles. The number of methoxy groups -OCH3 is 1. The molecule has 0 fully saturated rings. The van der Waals surface area contributed by atoms with E-state index >= 15 is 0 Å². The summed E-state index contributed by atoms with van der Waals surface area (Å²) in [5.41, 5.74) is 0.899. The fourth-order valence-corrected chi connectivity index (χ4v) is 1.65. The Morgan fingerprint density at radius 3 is 2.65 bits per heavy atom. The lowest BCUT2D eigenvalue weighted by Crippen LogP contribution is -2.32. The molecule has 0 aliphatic rings. The number of benzene rings is 1. The SMILES string of the molecule is COC(=O)c1ccc(Cl)c(NCC(=O)NCC(C)C)c1. The number of anilines is 1. The molecule has 0 aromatic heterocycles. The normalized spacial score (nSPS) is 10.2. The molecule has 0 saturated heterocycles. The molecule has 1 aromatic rings. The fourth-order valence-electron chi connectivity index (χ4n) is 1.46. The van der Waals surface area contributed by atoms with E-state index in [1.165, 1.54) is 7.11 Å². The highest BCUT2D eigenvalue weighted by Gasteiger charge is 2.10. The lowest BCUT2D eigenvalue weighted by atomic mass is 10.2. The Kier molecular flexibility index (Phi) is 6.31. The molecular formula is C14H19ClN2O3. The van der Waals surface area contributed by atoms with E-state index in [1.54, 1.807) is 18.2 Å². The third-order valence-electron chi connectivity index (χ3n) is 2.53. The molecule has 1 rings (SSSR count). The predicted molar refractivity (Wildman–Crippen MR) is 79.1 cm³/mol. The number of hydrogen-bond acceptors (Lipinski definition) is 4. The van der Waals surface area contributed by atoms with Crippen molar-refractivity contribution in [3.8, 4) is 0 Å². The van der Waals surface area contributed by atoms with Crippen LogP contribution < -0.4 is 10.6 Å². The Morgan fingerprint density at radius 2 is 2.05 bits per heavy atom. The summed E-state index contributed by atoms with van der Waals surface area (Å²) in [4.78, 5) is 23.0. The maximum absolute atomic E-state index is 11.6. The molecule has 0 atom stereocenters. The standard InChI is InChI=1S/C14H19ClN2O3/c1-9(2)7-17-13(18)8-16-12-6-10(14(19)20-3)4-5-11(12)15/h4-6,9,16H,7-8H2,1-3H3,(H,17,18). The maximum Gasteiger partial charge on any atom is 0.337 e. The summed E-state index contributed by atoms with van der Waals surface area (Å²) >= 11 is 6.01. The quantitative estimate of drug-likeness (QED) is 0.791. The van der Waals surface area contributed by atoms with Crippen LogP contribution in [-0.4, -0.2) is 32.1 Å². The van der Waals surface area contributed by atoms with Crippen LogP contribution in [0, 0.1) is 5.92 Å². The topological polar surface area (TPSA) is 67.4 Å². The van der Waals surface area contributed by atoms with Crippen LogP contribution >= 0.6 is 11.6 Å². The van der Waals surface area contributed by atoms with E-state index in [1.807, 2.05) is 13.8 Å². The van der Waals surface area contributed by atoms with Gasteiger partial charge in [0.15, 0.2) is 0 Å². The van der Waals surface area contributed by atoms with Crippen molar-refractivity contribution in [2.75, 3.05) is 25.5 Å². The highest BCUT2D eigenvalue weighted by Crippen LogP contribution is 2.23. The van der Waals surface area contributed by atoms with Gasteiger partial charge < -0.3 is 15.4 Å². The smallest absolute Gasteiger partial charge is 0.337 e. The fraction of sp³-hybridized carbons (Fsp3) is 0.429. The van der Waals surface area contributed by atoms with E-state index in [0.717, 1.165) is 0 Å². The lowest BCUT2D eigenvalue weighted by Gasteiger charge is -2.11. The molecular weight excluding hydrogens is 280 g/mol. The van der Waals surface area contributed by atoms with Crippen LogP contribution in [0.5, 0.6) is 0 Å². The predicted octanol–water partition coefficient (Wildman–Crippen LogP) is 2.31. The van der Waals surface area contributed by atoms with Gasteiger partial charge in [-0.25, -0.2) is 4.79 Å². The van der Waals surface area contributed by atoms with Gasteiger partial charge in [-0.2, -0.15) is 0 Å². The van der Waals surface area contributed by atoms with Crippen molar-refractivity contribution in [3.63, 3.8) is 0 Å². The maximum atomic E-state index is 11.6. The highest BCUT2D eigenvalue weighted by atomic mass is 35.5. The Morgan fingerprint density at radius 1 is 1.35 bits per heavy atom. The number of esters is 1. The van der Waals surface area contributed by atoms with E-state index in [-0.39, 0.29) is 12.5 Å². The first-order valence-electron chi connectivity index (χ1n) is 6.32. The molecule has 2 N–H and O–H groups in total. The summed E-state index contributed by atoms with van der Waals surface area (Å²) in [5.74, 6) is -0.183. The highest BCUT2D eigenvalue weighted by molar-refractivity contribution is 6.33. The molecule has 0 unspecified atom stereocenters. The number of rotatable bonds is 6. The Labute approximate surface area is 123 Å². The van der Waals surface area contributed by atoms with Gasteiger partial charge in [0.1, 0.15) is 0 Å². The van der Waals surface area contributed by atoms with Gasteiger partial charge in [0.25, 0.3) is 0 Å². The number of amides is 1. The lowest BCUT2D eigenvalue weighted by molar-refractivity contribution is -0.119. The van der Waals surface area contributed by atoms with Crippen molar-refractivity contribution in [3.05, 3.63) is 28.8 Å². The Balaban J connectivity index is 2.63. The Hall–Kier alpha value is -1.75. The molecule has 110 valence electrons. The average Bonchev–Trinajstić information content (AvgIpc) is 2.43. The van der Waals surface area contributed by atoms with Gasteiger partial charge in [0, 0.05) is 6.54 Å². The second-order valence-corrected chi connectivity index (χ2v) is 5.14. The van der Waals surface area contributed by atoms with Crippen LogP contribution in [0.15, 0.2) is 18.2 Å². The van der Waals surface area contributed by atoms with E-state index in [9.17, 15) is 9.59 Å². The minimum atomic E-state index is -0.450. The van der Waals surface area contributed by atoms with Crippen LogP contribution in [0.25, 0.3) is 0 Å². The van der Waals surface area contributed by atoms with Gasteiger partial charge in [0.05, 0.1) is 29.9 Å². The molecule has 6 heteroatoms. The molecule has 5 nitrogen and oxygen atoms in total. The van der Waals surface area contributed by atoms with Crippen molar-refractivity contribution in [2.45, 2.75) is 13.8 Å². The second-order valence-electron chi connectivity index (χ2n) is 4.74. The van der Waals surface area contributed by atoms with Crippen LogP contribution in [0.1, 0.15) is 24.2 Å². The summed E-state index contributed by atoms with van der Waals surface area (Å²) in [5, 5.41) is 6.13. The number of halogens is 1. The van der Waals surface area contributed by atoms with Crippen molar-refractivity contribution < 1.29 is 14.3 Å². The molecule has 0 radical (unpaired) electrons. The number of hydrogen-bond donors (Lipinski definition) is 2. The third-order valence-corrected chi connectivity index (χ3v) is 2.86. The van der Waals surface area contributed by atoms with Gasteiger partial charge in [-0.1, -0.05) is 25.4 Å². The largest absolute Gasteiger partial charge is 0.465 e. The third kappa shape index (κ3) is 5.09. The van der Waals surface area contributed by atoms with Crippen molar-refractivity contribution >= 4 is 29.2 Å².